The Balaban J connectivity index is 2.29. The van der Waals surface area contributed by atoms with E-state index in [1.807, 2.05) is 18.2 Å². The van der Waals surface area contributed by atoms with Gasteiger partial charge in [0.1, 0.15) is 0 Å². The van der Waals surface area contributed by atoms with Crippen molar-refractivity contribution in [1.29, 1.82) is 0 Å². The molecule has 1 N–H and O–H groups in total. The molecule has 0 saturated carbocycles. The zero-order chi connectivity index (χ0) is 7.52. The maximum atomic E-state index is 5.15. The van der Waals surface area contributed by atoms with Crippen molar-refractivity contribution in [3.05, 3.63) is 36.4 Å². The molecule has 56 valence electrons. The van der Waals surface area contributed by atoms with Crippen LogP contribution < -0.4 is 5.32 Å². The molecule has 0 fully saturated rings. The Morgan fingerprint density at radius 2 is 2.55 bits per heavy atom. The Kier molecular flexibility index (Phi) is 1.48. The average molecular weight is 148 g/mol. The first kappa shape index (κ1) is 6.22. The molecule has 3 nitrogen and oxygen atoms in total. The summed E-state index contributed by atoms with van der Waals surface area (Å²) in [5, 5.41) is 3.09. The van der Waals surface area contributed by atoms with E-state index < -0.39 is 0 Å². The molecule has 0 atom stereocenters. The molecule has 0 amide bonds. The van der Waals surface area contributed by atoms with Gasteiger partial charge in [0, 0.05) is 12.7 Å². The van der Waals surface area contributed by atoms with Gasteiger partial charge in [0.2, 0.25) is 0 Å². The van der Waals surface area contributed by atoms with Gasteiger partial charge in [0.05, 0.1) is 6.26 Å². The molecular weight excluding hydrogens is 140 g/mol. The van der Waals surface area contributed by atoms with Gasteiger partial charge in [-0.25, -0.2) is 4.99 Å². The van der Waals surface area contributed by atoms with Crippen LogP contribution in [0.4, 0.5) is 0 Å². The highest BCUT2D eigenvalue weighted by Crippen LogP contribution is 2.02. The van der Waals surface area contributed by atoms with Crippen molar-refractivity contribution < 1.29 is 4.42 Å². The van der Waals surface area contributed by atoms with Crippen molar-refractivity contribution in [1.82, 2.24) is 5.32 Å². The SMILES string of the molecule is C1=CN=C(c2ccco2)NC1. The normalized spacial score (nSPS) is 15.8. The Bertz CT molecular complexity index is 285. The minimum absolute atomic E-state index is 0.786. The molecule has 0 spiro atoms. The molecule has 3 heteroatoms. The number of furan rings is 1. The van der Waals surface area contributed by atoms with E-state index >= 15 is 0 Å². The molecule has 1 aromatic rings. The average Bonchev–Trinajstić information content (AvgIpc) is 2.58. The van der Waals surface area contributed by atoms with Gasteiger partial charge in [-0.05, 0) is 18.2 Å². The third-order valence-corrected chi connectivity index (χ3v) is 1.45. The predicted octanol–water partition coefficient (Wildman–Crippen LogP) is 1.14. The highest BCUT2D eigenvalue weighted by atomic mass is 16.3. The van der Waals surface area contributed by atoms with E-state index in [9.17, 15) is 0 Å². The molecule has 0 unspecified atom stereocenters. The number of aliphatic imine (C=N–C) groups is 1. The van der Waals surface area contributed by atoms with E-state index in [0.717, 1.165) is 18.1 Å². The summed E-state index contributed by atoms with van der Waals surface area (Å²) in [6.45, 7) is 0.819. The highest BCUT2D eigenvalue weighted by molar-refractivity contribution is 5.97. The summed E-state index contributed by atoms with van der Waals surface area (Å²) in [5.74, 6) is 1.59. The van der Waals surface area contributed by atoms with Crippen molar-refractivity contribution in [3.63, 3.8) is 0 Å². The molecule has 0 aromatic carbocycles. The topological polar surface area (TPSA) is 37.5 Å². The van der Waals surface area contributed by atoms with E-state index in [4.69, 9.17) is 4.42 Å². The summed E-state index contributed by atoms with van der Waals surface area (Å²) in [4.78, 5) is 4.10. The van der Waals surface area contributed by atoms with Crippen LogP contribution in [-0.4, -0.2) is 12.4 Å². The molecule has 0 saturated heterocycles. The fourth-order valence-corrected chi connectivity index (χ4v) is 0.945. The fourth-order valence-electron chi connectivity index (χ4n) is 0.945. The van der Waals surface area contributed by atoms with Gasteiger partial charge >= 0.3 is 0 Å². The van der Waals surface area contributed by atoms with Crippen molar-refractivity contribution in [2.75, 3.05) is 6.54 Å². The molecular formula is C8H8N2O. The summed E-state index contributed by atoms with van der Waals surface area (Å²) in [6.07, 6.45) is 5.36. The Morgan fingerprint density at radius 1 is 1.55 bits per heavy atom. The van der Waals surface area contributed by atoms with Crippen molar-refractivity contribution in [3.8, 4) is 0 Å². The summed E-state index contributed by atoms with van der Waals surface area (Å²) < 4.78 is 5.15. The van der Waals surface area contributed by atoms with Crippen LogP contribution >= 0.6 is 0 Å². The standard InChI is InChI=1S/C8H8N2O/c1-3-7(11-6-1)8-9-4-2-5-10-8/h1-4,6H,5H2,(H,9,10). The minimum Gasteiger partial charge on any atom is -0.461 e. The van der Waals surface area contributed by atoms with Gasteiger partial charge in [0.15, 0.2) is 11.6 Å². The van der Waals surface area contributed by atoms with Gasteiger partial charge in [-0.3, -0.25) is 0 Å². The number of hydrogen-bond donors (Lipinski definition) is 1. The third kappa shape index (κ3) is 1.17. The van der Waals surface area contributed by atoms with Gasteiger partial charge in [0.25, 0.3) is 0 Å². The van der Waals surface area contributed by atoms with E-state index in [0.29, 0.717) is 0 Å². The summed E-state index contributed by atoms with van der Waals surface area (Å²) in [6, 6.07) is 3.73. The second-order valence-corrected chi connectivity index (χ2v) is 2.22. The molecule has 0 radical (unpaired) electrons. The van der Waals surface area contributed by atoms with Crippen LogP contribution in [-0.2, 0) is 0 Å². The monoisotopic (exact) mass is 148 g/mol. The van der Waals surface area contributed by atoms with Gasteiger partial charge in [-0.15, -0.1) is 0 Å². The Morgan fingerprint density at radius 3 is 3.18 bits per heavy atom. The summed E-state index contributed by atoms with van der Waals surface area (Å²) >= 11 is 0. The van der Waals surface area contributed by atoms with Gasteiger partial charge in [-0.2, -0.15) is 0 Å². The molecule has 2 heterocycles. The quantitative estimate of drug-likeness (QED) is 0.648. The van der Waals surface area contributed by atoms with Crippen LogP contribution in [0.3, 0.4) is 0 Å². The number of nitrogens with zero attached hydrogens (tertiary/aromatic N) is 1. The molecule has 2 rings (SSSR count). The first-order valence-electron chi connectivity index (χ1n) is 3.47. The second kappa shape index (κ2) is 2.62. The van der Waals surface area contributed by atoms with E-state index in [1.54, 1.807) is 12.5 Å². The molecule has 1 aromatic heterocycles. The molecule has 1 aliphatic heterocycles. The first-order chi connectivity index (χ1) is 5.47. The lowest BCUT2D eigenvalue weighted by atomic mass is 10.4. The zero-order valence-corrected chi connectivity index (χ0v) is 5.95. The lowest BCUT2D eigenvalue weighted by Gasteiger charge is -2.06. The molecule has 0 aliphatic carbocycles. The molecule has 1 aliphatic rings. The fraction of sp³-hybridized carbons (Fsp3) is 0.125. The third-order valence-electron chi connectivity index (χ3n) is 1.45. The van der Waals surface area contributed by atoms with Gasteiger partial charge < -0.3 is 9.73 Å². The van der Waals surface area contributed by atoms with Crippen LogP contribution in [0.5, 0.6) is 0 Å². The van der Waals surface area contributed by atoms with E-state index in [2.05, 4.69) is 10.3 Å². The summed E-state index contributed by atoms with van der Waals surface area (Å²) in [5.41, 5.74) is 0. The number of hydrogen-bond acceptors (Lipinski definition) is 3. The first-order valence-corrected chi connectivity index (χ1v) is 3.47. The largest absolute Gasteiger partial charge is 0.461 e. The maximum Gasteiger partial charge on any atom is 0.169 e. The van der Waals surface area contributed by atoms with Crippen LogP contribution in [0.2, 0.25) is 0 Å². The highest BCUT2D eigenvalue weighted by Gasteiger charge is 2.05. The zero-order valence-electron chi connectivity index (χ0n) is 5.95. The number of rotatable bonds is 1. The molecule has 0 bridgehead atoms. The predicted molar refractivity (Wildman–Crippen MR) is 42.4 cm³/mol. The van der Waals surface area contributed by atoms with E-state index in [1.165, 1.54) is 0 Å². The number of amidine groups is 1. The van der Waals surface area contributed by atoms with Crippen LogP contribution in [0, 0.1) is 0 Å². The van der Waals surface area contributed by atoms with Gasteiger partial charge in [-0.1, -0.05) is 0 Å². The van der Waals surface area contributed by atoms with Crippen molar-refractivity contribution >= 4 is 5.84 Å². The second-order valence-electron chi connectivity index (χ2n) is 2.22. The van der Waals surface area contributed by atoms with Crippen LogP contribution in [0.25, 0.3) is 0 Å². The molecule has 11 heavy (non-hydrogen) atoms. The van der Waals surface area contributed by atoms with Crippen LogP contribution in [0.1, 0.15) is 5.76 Å². The lowest BCUT2D eigenvalue weighted by molar-refractivity contribution is 0.554. The minimum atomic E-state index is 0.786. The maximum absolute atomic E-state index is 5.15. The van der Waals surface area contributed by atoms with Crippen molar-refractivity contribution in [2.24, 2.45) is 4.99 Å². The smallest absolute Gasteiger partial charge is 0.169 e. The lowest BCUT2D eigenvalue weighted by Crippen LogP contribution is -2.25. The Labute approximate surface area is 64.4 Å². The van der Waals surface area contributed by atoms with E-state index in [-0.39, 0.29) is 0 Å². The van der Waals surface area contributed by atoms with Crippen molar-refractivity contribution in [2.45, 2.75) is 0 Å². The Hall–Kier alpha value is -1.51. The van der Waals surface area contributed by atoms with Crippen LogP contribution in [0.15, 0.2) is 40.1 Å². The number of nitrogens with one attached hydrogen (secondary N) is 1. The summed E-state index contributed by atoms with van der Waals surface area (Å²) in [7, 11) is 0.